The quantitative estimate of drug-likeness (QED) is 0.589. The SMILES string of the molecule is CCCn1c(SCc2ccc(F)cc2Cl)nnc1-c1ccncc1. The van der Waals surface area contributed by atoms with Crippen molar-refractivity contribution in [3.63, 3.8) is 0 Å². The van der Waals surface area contributed by atoms with Crippen molar-refractivity contribution < 1.29 is 4.39 Å². The van der Waals surface area contributed by atoms with Gasteiger partial charge in [0.2, 0.25) is 0 Å². The van der Waals surface area contributed by atoms with Gasteiger partial charge < -0.3 is 4.57 Å². The lowest BCUT2D eigenvalue weighted by Gasteiger charge is -2.09. The molecular formula is C17H16ClFN4S. The molecule has 7 heteroatoms. The molecule has 24 heavy (non-hydrogen) atoms. The first kappa shape index (κ1) is 16.9. The second-order valence-electron chi connectivity index (χ2n) is 5.22. The number of aromatic nitrogens is 4. The summed E-state index contributed by atoms with van der Waals surface area (Å²) in [7, 11) is 0. The Morgan fingerprint density at radius 1 is 1.17 bits per heavy atom. The summed E-state index contributed by atoms with van der Waals surface area (Å²) in [4.78, 5) is 4.04. The van der Waals surface area contributed by atoms with E-state index in [0.717, 1.165) is 35.1 Å². The first-order valence-corrected chi connectivity index (χ1v) is 8.95. The Morgan fingerprint density at radius 2 is 1.96 bits per heavy atom. The summed E-state index contributed by atoms with van der Waals surface area (Å²) in [6, 6.07) is 8.29. The highest BCUT2D eigenvalue weighted by Gasteiger charge is 2.14. The van der Waals surface area contributed by atoms with Crippen molar-refractivity contribution in [2.75, 3.05) is 0 Å². The molecule has 3 rings (SSSR count). The summed E-state index contributed by atoms with van der Waals surface area (Å²) in [6.07, 6.45) is 4.46. The van der Waals surface area contributed by atoms with Crippen LogP contribution in [-0.2, 0) is 12.3 Å². The summed E-state index contributed by atoms with van der Waals surface area (Å²) in [6.45, 7) is 2.94. The Labute approximate surface area is 149 Å². The van der Waals surface area contributed by atoms with E-state index in [1.807, 2.05) is 12.1 Å². The van der Waals surface area contributed by atoms with E-state index in [2.05, 4.69) is 26.7 Å². The zero-order valence-electron chi connectivity index (χ0n) is 13.1. The van der Waals surface area contributed by atoms with Crippen LogP contribution in [0.1, 0.15) is 18.9 Å². The van der Waals surface area contributed by atoms with E-state index in [1.165, 1.54) is 12.1 Å². The molecular weight excluding hydrogens is 347 g/mol. The van der Waals surface area contributed by atoms with E-state index in [9.17, 15) is 4.39 Å². The predicted octanol–water partition coefficient (Wildman–Crippen LogP) is 4.83. The molecule has 2 aromatic heterocycles. The van der Waals surface area contributed by atoms with Crippen LogP contribution in [0.25, 0.3) is 11.4 Å². The fourth-order valence-electron chi connectivity index (χ4n) is 2.32. The monoisotopic (exact) mass is 362 g/mol. The maximum absolute atomic E-state index is 13.1. The van der Waals surface area contributed by atoms with Gasteiger partial charge in [-0.15, -0.1) is 10.2 Å². The van der Waals surface area contributed by atoms with Gasteiger partial charge in [0.15, 0.2) is 11.0 Å². The van der Waals surface area contributed by atoms with Crippen LogP contribution in [0.5, 0.6) is 0 Å². The van der Waals surface area contributed by atoms with Crippen LogP contribution >= 0.6 is 23.4 Å². The topological polar surface area (TPSA) is 43.6 Å². The lowest BCUT2D eigenvalue weighted by Crippen LogP contribution is -2.02. The summed E-state index contributed by atoms with van der Waals surface area (Å²) in [5.74, 6) is 1.10. The van der Waals surface area contributed by atoms with Crippen LogP contribution in [0.3, 0.4) is 0 Å². The second-order valence-corrected chi connectivity index (χ2v) is 6.57. The van der Waals surface area contributed by atoms with E-state index < -0.39 is 0 Å². The largest absolute Gasteiger partial charge is 0.302 e. The van der Waals surface area contributed by atoms with Crippen molar-refractivity contribution in [3.8, 4) is 11.4 Å². The number of nitrogens with zero attached hydrogens (tertiary/aromatic N) is 4. The number of pyridine rings is 1. The minimum Gasteiger partial charge on any atom is -0.302 e. The number of benzene rings is 1. The highest BCUT2D eigenvalue weighted by Crippen LogP contribution is 2.29. The number of hydrogen-bond donors (Lipinski definition) is 0. The van der Waals surface area contributed by atoms with Gasteiger partial charge in [-0.3, -0.25) is 4.98 Å². The molecule has 0 aliphatic rings. The van der Waals surface area contributed by atoms with Crippen LogP contribution in [0.2, 0.25) is 5.02 Å². The molecule has 0 amide bonds. The molecule has 1 aromatic carbocycles. The van der Waals surface area contributed by atoms with Crippen LogP contribution in [-0.4, -0.2) is 19.7 Å². The number of rotatable bonds is 6. The van der Waals surface area contributed by atoms with Crippen molar-refractivity contribution in [1.29, 1.82) is 0 Å². The van der Waals surface area contributed by atoms with Crippen LogP contribution in [0, 0.1) is 5.82 Å². The molecule has 2 heterocycles. The molecule has 0 saturated carbocycles. The maximum atomic E-state index is 13.1. The third-order valence-electron chi connectivity index (χ3n) is 3.47. The van der Waals surface area contributed by atoms with Crippen molar-refractivity contribution in [2.45, 2.75) is 30.8 Å². The van der Waals surface area contributed by atoms with E-state index >= 15 is 0 Å². The molecule has 0 fully saturated rings. The van der Waals surface area contributed by atoms with Gasteiger partial charge in [0.05, 0.1) is 0 Å². The van der Waals surface area contributed by atoms with E-state index in [-0.39, 0.29) is 5.82 Å². The van der Waals surface area contributed by atoms with E-state index in [1.54, 1.807) is 30.2 Å². The molecule has 0 bridgehead atoms. The van der Waals surface area contributed by atoms with E-state index in [4.69, 9.17) is 11.6 Å². The summed E-state index contributed by atoms with van der Waals surface area (Å²) in [5, 5.41) is 9.89. The predicted molar refractivity (Wildman–Crippen MR) is 94.5 cm³/mol. The fourth-order valence-corrected chi connectivity index (χ4v) is 3.60. The zero-order valence-corrected chi connectivity index (χ0v) is 14.7. The van der Waals surface area contributed by atoms with Crippen LogP contribution < -0.4 is 0 Å². The summed E-state index contributed by atoms with van der Waals surface area (Å²) < 4.78 is 15.2. The van der Waals surface area contributed by atoms with Gasteiger partial charge in [-0.05, 0) is 36.2 Å². The van der Waals surface area contributed by atoms with Gasteiger partial charge in [-0.1, -0.05) is 36.4 Å². The Balaban J connectivity index is 1.84. The number of thioether (sulfide) groups is 1. The molecule has 0 spiro atoms. The Morgan fingerprint density at radius 3 is 2.67 bits per heavy atom. The van der Waals surface area contributed by atoms with Gasteiger partial charge in [-0.25, -0.2) is 4.39 Å². The van der Waals surface area contributed by atoms with Crippen molar-refractivity contribution in [1.82, 2.24) is 19.7 Å². The van der Waals surface area contributed by atoms with Gasteiger partial charge in [0, 0.05) is 35.3 Å². The number of hydrogen-bond acceptors (Lipinski definition) is 4. The highest BCUT2D eigenvalue weighted by atomic mass is 35.5. The van der Waals surface area contributed by atoms with Gasteiger partial charge in [0.1, 0.15) is 5.82 Å². The molecule has 0 unspecified atom stereocenters. The maximum Gasteiger partial charge on any atom is 0.191 e. The van der Waals surface area contributed by atoms with Gasteiger partial charge >= 0.3 is 0 Å². The van der Waals surface area contributed by atoms with Gasteiger partial charge in [-0.2, -0.15) is 0 Å². The normalized spacial score (nSPS) is 11.0. The van der Waals surface area contributed by atoms with Crippen LogP contribution in [0.4, 0.5) is 4.39 Å². The summed E-state index contributed by atoms with van der Waals surface area (Å²) in [5.41, 5.74) is 1.86. The van der Waals surface area contributed by atoms with Crippen molar-refractivity contribution in [2.24, 2.45) is 0 Å². The molecule has 0 aliphatic heterocycles. The molecule has 124 valence electrons. The minimum absolute atomic E-state index is 0.331. The second kappa shape index (κ2) is 7.77. The Bertz CT molecular complexity index is 823. The summed E-state index contributed by atoms with van der Waals surface area (Å²) >= 11 is 7.64. The number of halogens is 2. The Kier molecular flexibility index (Phi) is 5.48. The van der Waals surface area contributed by atoms with Gasteiger partial charge in [0.25, 0.3) is 0 Å². The van der Waals surface area contributed by atoms with Crippen molar-refractivity contribution >= 4 is 23.4 Å². The molecule has 3 aromatic rings. The zero-order chi connectivity index (χ0) is 16.9. The average molecular weight is 363 g/mol. The first-order chi connectivity index (χ1) is 11.7. The molecule has 0 N–H and O–H groups in total. The fraction of sp³-hybridized carbons (Fsp3) is 0.235. The lowest BCUT2D eigenvalue weighted by molar-refractivity contribution is 0.625. The molecule has 0 aliphatic carbocycles. The molecule has 0 radical (unpaired) electrons. The van der Waals surface area contributed by atoms with Crippen LogP contribution in [0.15, 0.2) is 47.9 Å². The average Bonchev–Trinajstić information content (AvgIpc) is 2.98. The minimum atomic E-state index is -0.331. The molecule has 0 saturated heterocycles. The van der Waals surface area contributed by atoms with Crippen molar-refractivity contribution in [3.05, 3.63) is 59.1 Å². The third-order valence-corrected chi connectivity index (χ3v) is 4.84. The molecule has 0 atom stereocenters. The lowest BCUT2D eigenvalue weighted by atomic mass is 10.2. The van der Waals surface area contributed by atoms with E-state index in [0.29, 0.717) is 10.8 Å². The standard InChI is InChI=1S/C17H16ClFN4S/c1-2-9-23-16(12-5-7-20-8-6-12)21-22-17(23)24-11-13-3-4-14(19)10-15(13)18/h3-8,10H,2,9,11H2,1H3. The first-order valence-electron chi connectivity index (χ1n) is 7.59. The highest BCUT2D eigenvalue weighted by molar-refractivity contribution is 7.98. The Hall–Kier alpha value is -1.92. The smallest absolute Gasteiger partial charge is 0.191 e. The molecule has 4 nitrogen and oxygen atoms in total. The third kappa shape index (κ3) is 3.76.